The lowest BCUT2D eigenvalue weighted by Crippen LogP contribution is -2.46. The molecule has 23 heavy (non-hydrogen) atoms. The summed E-state index contributed by atoms with van der Waals surface area (Å²) in [4.78, 5) is 28.2. The van der Waals surface area contributed by atoms with Crippen molar-refractivity contribution in [3.8, 4) is 0 Å². The Labute approximate surface area is 138 Å². The number of hydrogen-bond donors (Lipinski definition) is 0. The number of rotatable bonds is 3. The molecule has 2 fully saturated rings. The topological polar surface area (TPSA) is 40.6 Å². The molecule has 0 spiro atoms. The smallest absolute Gasteiger partial charge is 0.226 e. The van der Waals surface area contributed by atoms with Crippen LogP contribution in [0.1, 0.15) is 31.2 Å². The Bertz CT molecular complexity index is 550. The van der Waals surface area contributed by atoms with E-state index in [0.717, 1.165) is 38.8 Å². The van der Waals surface area contributed by atoms with E-state index in [0.29, 0.717) is 18.9 Å². The Hall–Kier alpha value is -1.84. The number of amides is 2. The maximum atomic E-state index is 12.6. The highest BCUT2D eigenvalue weighted by molar-refractivity contribution is 5.86. The number of benzene rings is 1. The monoisotopic (exact) mass is 314 g/mol. The van der Waals surface area contributed by atoms with Crippen LogP contribution in [0.4, 0.5) is 0 Å². The lowest BCUT2D eigenvalue weighted by molar-refractivity contribution is -0.145. The SMILES string of the molecule is CN1CC[C@H](C(=O)N2CCC(Cc3ccccc3)CC2)CC1=O. The van der Waals surface area contributed by atoms with Crippen molar-refractivity contribution in [3.05, 3.63) is 35.9 Å². The highest BCUT2D eigenvalue weighted by atomic mass is 16.2. The molecule has 0 radical (unpaired) electrons. The van der Waals surface area contributed by atoms with Crippen LogP contribution in [0.3, 0.4) is 0 Å². The molecule has 1 aromatic rings. The van der Waals surface area contributed by atoms with E-state index in [1.807, 2.05) is 18.0 Å². The van der Waals surface area contributed by atoms with Gasteiger partial charge in [-0.05, 0) is 37.2 Å². The summed E-state index contributed by atoms with van der Waals surface area (Å²) in [6.45, 7) is 2.40. The summed E-state index contributed by atoms with van der Waals surface area (Å²) in [5.41, 5.74) is 1.39. The predicted octanol–water partition coefficient (Wildman–Crippen LogP) is 2.34. The lowest BCUT2D eigenvalue weighted by Gasteiger charge is -2.36. The third-order valence-electron chi connectivity index (χ3n) is 5.30. The van der Waals surface area contributed by atoms with E-state index < -0.39 is 0 Å². The third-order valence-corrected chi connectivity index (χ3v) is 5.30. The summed E-state index contributed by atoms with van der Waals surface area (Å²) >= 11 is 0. The van der Waals surface area contributed by atoms with Crippen LogP contribution >= 0.6 is 0 Å². The van der Waals surface area contributed by atoms with Crippen molar-refractivity contribution in [1.29, 1.82) is 0 Å². The quantitative estimate of drug-likeness (QED) is 0.859. The van der Waals surface area contributed by atoms with E-state index in [2.05, 4.69) is 24.3 Å². The van der Waals surface area contributed by atoms with Gasteiger partial charge in [0.25, 0.3) is 0 Å². The average molecular weight is 314 g/mol. The molecule has 2 amide bonds. The van der Waals surface area contributed by atoms with Crippen molar-refractivity contribution < 1.29 is 9.59 Å². The fourth-order valence-electron chi connectivity index (χ4n) is 3.72. The van der Waals surface area contributed by atoms with Crippen molar-refractivity contribution in [2.45, 2.75) is 32.1 Å². The Morgan fingerprint density at radius 2 is 1.78 bits per heavy atom. The Kier molecular flexibility index (Phi) is 4.99. The number of carbonyl (C=O) groups is 2. The molecule has 4 heteroatoms. The minimum absolute atomic E-state index is 0.0932. The summed E-state index contributed by atoms with van der Waals surface area (Å²) in [5, 5.41) is 0. The number of hydrogen-bond acceptors (Lipinski definition) is 2. The van der Waals surface area contributed by atoms with Crippen LogP contribution in [0.25, 0.3) is 0 Å². The van der Waals surface area contributed by atoms with Gasteiger partial charge in [-0.15, -0.1) is 0 Å². The normalized spacial score (nSPS) is 23.2. The highest BCUT2D eigenvalue weighted by Gasteiger charge is 2.33. The van der Waals surface area contributed by atoms with Gasteiger partial charge >= 0.3 is 0 Å². The van der Waals surface area contributed by atoms with E-state index in [-0.39, 0.29) is 17.7 Å². The molecule has 0 unspecified atom stereocenters. The summed E-state index contributed by atoms with van der Waals surface area (Å²) in [6.07, 6.45) is 4.45. The van der Waals surface area contributed by atoms with Gasteiger partial charge in [0.05, 0.1) is 0 Å². The van der Waals surface area contributed by atoms with Crippen LogP contribution in [0.5, 0.6) is 0 Å². The fourth-order valence-corrected chi connectivity index (χ4v) is 3.72. The molecule has 0 aliphatic carbocycles. The zero-order chi connectivity index (χ0) is 16.2. The van der Waals surface area contributed by atoms with Crippen LogP contribution < -0.4 is 0 Å². The van der Waals surface area contributed by atoms with Crippen LogP contribution in [0.15, 0.2) is 30.3 Å². The van der Waals surface area contributed by atoms with Crippen LogP contribution in [-0.4, -0.2) is 48.3 Å². The molecule has 124 valence electrons. The van der Waals surface area contributed by atoms with Gasteiger partial charge in [0.2, 0.25) is 11.8 Å². The summed E-state index contributed by atoms with van der Waals surface area (Å²) in [5.74, 6) is 0.878. The third kappa shape index (κ3) is 3.92. The molecule has 0 bridgehead atoms. The largest absolute Gasteiger partial charge is 0.346 e. The molecular formula is C19H26N2O2. The minimum Gasteiger partial charge on any atom is -0.346 e. The molecule has 2 aliphatic heterocycles. The van der Waals surface area contributed by atoms with Crippen molar-refractivity contribution >= 4 is 11.8 Å². The van der Waals surface area contributed by atoms with E-state index in [1.165, 1.54) is 5.56 Å². The fraction of sp³-hybridized carbons (Fsp3) is 0.579. The van der Waals surface area contributed by atoms with Gasteiger partial charge in [0, 0.05) is 39.0 Å². The zero-order valence-corrected chi connectivity index (χ0v) is 13.9. The summed E-state index contributed by atoms with van der Waals surface area (Å²) in [6, 6.07) is 10.6. The number of nitrogens with zero attached hydrogens (tertiary/aromatic N) is 2. The molecule has 1 atom stereocenters. The van der Waals surface area contributed by atoms with Gasteiger partial charge in [0.1, 0.15) is 0 Å². The minimum atomic E-state index is -0.0932. The molecule has 3 rings (SSSR count). The van der Waals surface area contributed by atoms with E-state index in [9.17, 15) is 9.59 Å². The van der Waals surface area contributed by atoms with Crippen molar-refractivity contribution in [1.82, 2.24) is 9.80 Å². The lowest BCUT2D eigenvalue weighted by atomic mass is 9.88. The van der Waals surface area contributed by atoms with Crippen LogP contribution in [0, 0.1) is 11.8 Å². The van der Waals surface area contributed by atoms with Crippen LogP contribution in [0.2, 0.25) is 0 Å². The van der Waals surface area contributed by atoms with Gasteiger partial charge in [-0.3, -0.25) is 9.59 Å². The first-order valence-electron chi connectivity index (χ1n) is 8.70. The zero-order valence-electron chi connectivity index (χ0n) is 13.9. The number of piperidine rings is 2. The van der Waals surface area contributed by atoms with Gasteiger partial charge < -0.3 is 9.80 Å². The molecule has 0 saturated carbocycles. The maximum Gasteiger partial charge on any atom is 0.226 e. The second-order valence-electron chi connectivity index (χ2n) is 6.96. The van der Waals surface area contributed by atoms with Gasteiger partial charge in [0.15, 0.2) is 0 Å². The second kappa shape index (κ2) is 7.16. The Balaban J connectivity index is 1.49. The van der Waals surface area contributed by atoms with Crippen molar-refractivity contribution in [2.24, 2.45) is 11.8 Å². The molecule has 1 aromatic carbocycles. The Morgan fingerprint density at radius 3 is 2.43 bits per heavy atom. The number of likely N-dealkylation sites (tertiary alicyclic amines) is 2. The van der Waals surface area contributed by atoms with Gasteiger partial charge in [-0.1, -0.05) is 30.3 Å². The van der Waals surface area contributed by atoms with Crippen LogP contribution in [-0.2, 0) is 16.0 Å². The van der Waals surface area contributed by atoms with E-state index >= 15 is 0 Å². The standard InChI is InChI=1S/C19H26N2O2/c1-20-10-9-17(14-18(20)22)19(23)21-11-7-16(8-12-21)13-15-5-3-2-4-6-15/h2-6,16-17H,7-14H2,1H3/t17-/m0/s1. The van der Waals surface area contributed by atoms with Gasteiger partial charge in [-0.25, -0.2) is 0 Å². The molecule has 2 aliphatic rings. The number of carbonyl (C=O) groups excluding carboxylic acids is 2. The predicted molar refractivity (Wildman–Crippen MR) is 89.8 cm³/mol. The average Bonchev–Trinajstić information content (AvgIpc) is 2.58. The summed E-state index contributed by atoms with van der Waals surface area (Å²) in [7, 11) is 1.82. The molecule has 2 heterocycles. The summed E-state index contributed by atoms with van der Waals surface area (Å²) < 4.78 is 0. The van der Waals surface area contributed by atoms with Crippen molar-refractivity contribution in [3.63, 3.8) is 0 Å². The Morgan fingerprint density at radius 1 is 1.09 bits per heavy atom. The van der Waals surface area contributed by atoms with E-state index in [4.69, 9.17) is 0 Å². The van der Waals surface area contributed by atoms with Gasteiger partial charge in [-0.2, -0.15) is 0 Å². The molecule has 0 aromatic heterocycles. The molecule has 2 saturated heterocycles. The molecule has 4 nitrogen and oxygen atoms in total. The molecule has 0 N–H and O–H groups in total. The highest BCUT2D eigenvalue weighted by Crippen LogP contribution is 2.25. The van der Waals surface area contributed by atoms with Crippen molar-refractivity contribution in [2.75, 3.05) is 26.7 Å². The second-order valence-corrected chi connectivity index (χ2v) is 6.96. The van der Waals surface area contributed by atoms with E-state index in [1.54, 1.807) is 4.90 Å². The first kappa shape index (κ1) is 16.0. The molecular weight excluding hydrogens is 288 g/mol. The first-order valence-corrected chi connectivity index (χ1v) is 8.70. The maximum absolute atomic E-state index is 12.6. The first-order chi connectivity index (χ1) is 11.1.